The lowest BCUT2D eigenvalue weighted by Crippen LogP contribution is -2.10. The number of alkyl halides is 2. The molecule has 5 heteroatoms. The minimum Gasteiger partial charge on any atom is -0.315 e. The fourth-order valence-corrected chi connectivity index (χ4v) is 3.34. The van der Waals surface area contributed by atoms with E-state index in [0.29, 0.717) is 11.6 Å². The summed E-state index contributed by atoms with van der Waals surface area (Å²) in [7, 11) is 0. The van der Waals surface area contributed by atoms with Crippen LogP contribution in [0.1, 0.15) is 29.3 Å². The van der Waals surface area contributed by atoms with Gasteiger partial charge in [0.05, 0.1) is 23.6 Å². The first kappa shape index (κ1) is 16.0. The standard InChI is InChI=1S/C20H15ClF2N2/c1-20(22,23)14-9-7-13(8-10-14)19-18-6-3-11-25(18)17-5-2-4-16(21)15(17)12-24-19/h2-11H,12H2,1H3. The zero-order valence-corrected chi connectivity index (χ0v) is 14.3. The summed E-state index contributed by atoms with van der Waals surface area (Å²) in [4.78, 5) is 4.72. The van der Waals surface area contributed by atoms with Crippen LogP contribution in [-0.2, 0) is 12.5 Å². The number of aliphatic imine (C=N–C) groups is 1. The Morgan fingerprint density at radius 2 is 1.80 bits per heavy atom. The Labute approximate surface area is 149 Å². The van der Waals surface area contributed by atoms with Gasteiger partial charge in [-0.05, 0) is 24.3 Å². The highest BCUT2D eigenvalue weighted by Gasteiger charge is 2.25. The lowest BCUT2D eigenvalue weighted by atomic mass is 10.0. The maximum Gasteiger partial charge on any atom is 0.270 e. The second-order valence-electron chi connectivity index (χ2n) is 6.13. The Hall–Kier alpha value is -2.46. The van der Waals surface area contributed by atoms with Gasteiger partial charge in [-0.25, -0.2) is 8.78 Å². The van der Waals surface area contributed by atoms with Crippen molar-refractivity contribution < 1.29 is 8.78 Å². The summed E-state index contributed by atoms with van der Waals surface area (Å²) < 4.78 is 29.0. The molecule has 0 N–H and O–H groups in total. The van der Waals surface area contributed by atoms with E-state index in [2.05, 4.69) is 0 Å². The number of hydrogen-bond donors (Lipinski definition) is 0. The summed E-state index contributed by atoms with van der Waals surface area (Å²) in [6.07, 6.45) is 1.96. The number of fused-ring (bicyclic) bond motifs is 3. The molecule has 25 heavy (non-hydrogen) atoms. The molecular formula is C20H15ClF2N2. The van der Waals surface area contributed by atoms with Crippen LogP contribution in [0.2, 0.25) is 5.02 Å². The summed E-state index contributed by atoms with van der Waals surface area (Å²) in [5, 5.41) is 0.670. The highest BCUT2D eigenvalue weighted by atomic mass is 35.5. The molecule has 0 atom stereocenters. The molecule has 3 aromatic rings. The predicted octanol–water partition coefficient (Wildman–Crippen LogP) is 5.59. The molecule has 0 unspecified atom stereocenters. The van der Waals surface area contributed by atoms with Crippen molar-refractivity contribution in [3.05, 3.63) is 88.2 Å². The summed E-state index contributed by atoms with van der Waals surface area (Å²) in [6.45, 7) is 1.34. The molecule has 1 aliphatic heterocycles. The van der Waals surface area contributed by atoms with E-state index >= 15 is 0 Å². The topological polar surface area (TPSA) is 17.3 Å². The van der Waals surface area contributed by atoms with Gasteiger partial charge in [0.15, 0.2) is 0 Å². The number of halogens is 3. The maximum atomic E-state index is 13.5. The Bertz CT molecular complexity index is 966. The van der Waals surface area contributed by atoms with Gasteiger partial charge in [-0.2, -0.15) is 0 Å². The van der Waals surface area contributed by atoms with Crippen LogP contribution < -0.4 is 0 Å². The number of aromatic nitrogens is 1. The third kappa shape index (κ3) is 2.76. The average molecular weight is 357 g/mol. The quantitative estimate of drug-likeness (QED) is 0.569. The molecule has 0 amide bonds. The summed E-state index contributed by atoms with van der Waals surface area (Å²) in [5.41, 5.74) is 4.42. The minimum atomic E-state index is -2.85. The second kappa shape index (κ2) is 5.81. The largest absolute Gasteiger partial charge is 0.315 e. The molecule has 126 valence electrons. The third-order valence-electron chi connectivity index (χ3n) is 4.41. The SMILES string of the molecule is CC(F)(F)c1ccc(C2=NCc3c(Cl)cccc3-n3cccc32)cc1. The van der Waals surface area contributed by atoms with Gasteiger partial charge in [-0.3, -0.25) is 4.99 Å². The molecule has 1 aliphatic rings. The van der Waals surface area contributed by atoms with Gasteiger partial charge >= 0.3 is 0 Å². The van der Waals surface area contributed by atoms with Crippen molar-refractivity contribution >= 4 is 17.3 Å². The average Bonchev–Trinajstić information content (AvgIpc) is 2.99. The predicted molar refractivity (Wildman–Crippen MR) is 96.1 cm³/mol. The number of rotatable bonds is 2. The lowest BCUT2D eigenvalue weighted by molar-refractivity contribution is 0.0175. The first-order valence-electron chi connectivity index (χ1n) is 7.94. The van der Waals surface area contributed by atoms with E-state index in [1.165, 1.54) is 12.1 Å². The molecule has 0 fully saturated rings. The third-order valence-corrected chi connectivity index (χ3v) is 4.76. The van der Waals surface area contributed by atoms with Gasteiger partial charge in [0.2, 0.25) is 0 Å². The van der Waals surface area contributed by atoms with Crippen LogP contribution in [0.25, 0.3) is 5.69 Å². The van der Waals surface area contributed by atoms with Gasteiger partial charge in [0, 0.05) is 34.8 Å². The highest BCUT2D eigenvalue weighted by Crippen LogP contribution is 2.31. The van der Waals surface area contributed by atoms with E-state index in [1.807, 2.05) is 41.1 Å². The van der Waals surface area contributed by atoms with Crippen molar-refractivity contribution in [2.75, 3.05) is 0 Å². The van der Waals surface area contributed by atoms with Crippen LogP contribution in [0, 0.1) is 0 Å². The van der Waals surface area contributed by atoms with Crippen molar-refractivity contribution in [2.24, 2.45) is 4.99 Å². The smallest absolute Gasteiger partial charge is 0.270 e. The molecule has 2 heterocycles. The van der Waals surface area contributed by atoms with Crippen LogP contribution >= 0.6 is 11.6 Å². The first-order chi connectivity index (χ1) is 11.9. The fourth-order valence-electron chi connectivity index (χ4n) is 3.11. The lowest BCUT2D eigenvalue weighted by Gasteiger charge is -2.13. The summed E-state index contributed by atoms with van der Waals surface area (Å²) in [5.74, 6) is -2.85. The second-order valence-corrected chi connectivity index (χ2v) is 6.54. The van der Waals surface area contributed by atoms with Crippen molar-refractivity contribution in [1.82, 2.24) is 4.57 Å². The molecule has 2 aromatic carbocycles. The van der Waals surface area contributed by atoms with E-state index in [9.17, 15) is 8.78 Å². The van der Waals surface area contributed by atoms with E-state index < -0.39 is 5.92 Å². The van der Waals surface area contributed by atoms with E-state index in [-0.39, 0.29) is 5.56 Å². The Morgan fingerprint density at radius 3 is 2.52 bits per heavy atom. The first-order valence-corrected chi connectivity index (χ1v) is 8.31. The fraction of sp³-hybridized carbons (Fsp3) is 0.150. The van der Waals surface area contributed by atoms with Crippen LogP contribution in [0.5, 0.6) is 0 Å². The van der Waals surface area contributed by atoms with Crippen LogP contribution in [-0.4, -0.2) is 10.3 Å². The normalized spacial score (nSPS) is 13.7. The Morgan fingerprint density at radius 1 is 1.04 bits per heavy atom. The molecule has 0 saturated carbocycles. The van der Waals surface area contributed by atoms with Gasteiger partial charge < -0.3 is 4.57 Å². The Kier molecular flexibility index (Phi) is 3.73. The summed E-state index contributed by atoms with van der Waals surface area (Å²) in [6, 6.07) is 16.0. The zero-order chi connectivity index (χ0) is 17.6. The van der Waals surface area contributed by atoms with Crippen LogP contribution in [0.4, 0.5) is 8.78 Å². The molecular weight excluding hydrogens is 342 g/mol. The molecule has 0 saturated heterocycles. The highest BCUT2D eigenvalue weighted by molar-refractivity contribution is 6.31. The van der Waals surface area contributed by atoms with Crippen LogP contribution in [0.3, 0.4) is 0 Å². The van der Waals surface area contributed by atoms with Crippen molar-refractivity contribution in [2.45, 2.75) is 19.4 Å². The van der Waals surface area contributed by atoms with Crippen molar-refractivity contribution in [1.29, 1.82) is 0 Å². The van der Waals surface area contributed by atoms with Gasteiger partial charge in [0.1, 0.15) is 0 Å². The molecule has 2 nitrogen and oxygen atoms in total. The number of nitrogens with zero attached hydrogens (tertiary/aromatic N) is 2. The van der Waals surface area contributed by atoms with Gasteiger partial charge in [0.25, 0.3) is 5.92 Å². The van der Waals surface area contributed by atoms with Gasteiger partial charge in [-0.1, -0.05) is 41.9 Å². The van der Waals surface area contributed by atoms with Crippen LogP contribution in [0.15, 0.2) is 65.8 Å². The molecule has 0 radical (unpaired) electrons. The Balaban J connectivity index is 1.84. The summed E-state index contributed by atoms with van der Waals surface area (Å²) >= 11 is 6.35. The maximum absolute atomic E-state index is 13.5. The molecule has 0 spiro atoms. The van der Waals surface area contributed by atoms with Crippen molar-refractivity contribution in [3.63, 3.8) is 0 Å². The minimum absolute atomic E-state index is 0.00724. The molecule has 0 bridgehead atoms. The van der Waals surface area contributed by atoms with Crippen molar-refractivity contribution in [3.8, 4) is 5.69 Å². The van der Waals surface area contributed by atoms with E-state index in [4.69, 9.17) is 16.6 Å². The zero-order valence-electron chi connectivity index (χ0n) is 13.5. The molecule has 4 rings (SSSR count). The monoisotopic (exact) mass is 356 g/mol. The van der Waals surface area contributed by atoms with E-state index in [1.54, 1.807) is 12.1 Å². The van der Waals surface area contributed by atoms with E-state index in [0.717, 1.165) is 35.1 Å². The van der Waals surface area contributed by atoms with Gasteiger partial charge in [-0.15, -0.1) is 0 Å². The molecule has 1 aromatic heterocycles. The number of benzene rings is 2. The number of hydrogen-bond acceptors (Lipinski definition) is 1. The molecule has 0 aliphatic carbocycles.